The van der Waals surface area contributed by atoms with Gasteiger partial charge in [-0.3, -0.25) is 4.79 Å². The predicted octanol–water partition coefficient (Wildman–Crippen LogP) is 4.22. The van der Waals surface area contributed by atoms with Gasteiger partial charge in [0.25, 0.3) is 0 Å². The quantitative estimate of drug-likeness (QED) is 0.678. The number of rotatable bonds is 4. The summed E-state index contributed by atoms with van der Waals surface area (Å²) in [5, 5.41) is 9.74. The summed E-state index contributed by atoms with van der Waals surface area (Å²) >= 11 is 0. The summed E-state index contributed by atoms with van der Waals surface area (Å²) in [4.78, 5) is 12.3. The summed E-state index contributed by atoms with van der Waals surface area (Å²) in [5.74, 6) is 0.420. The molecule has 0 saturated carbocycles. The number of ketones is 1. The summed E-state index contributed by atoms with van der Waals surface area (Å²) in [6, 6.07) is 8.96. The molecule has 0 aliphatic rings. The number of phenols is 1. The van der Waals surface area contributed by atoms with Gasteiger partial charge in [-0.2, -0.15) is 0 Å². The van der Waals surface area contributed by atoms with E-state index in [9.17, 15) is 9.90 Å². The SMILES string of the molecule is COc1ccc(/C=C/C(=O)c2cc(C)c(C)cc2C)cc1O. The first kappa shape index (κ1) is 15.8. The van der Waals surface area contributed by atoms with Crippen LogP contribution in [0, 0.1) is 20.8 Å². The highest BCUT2D eigenvalue weighted by Crippen LogP contribution is 2.26. The van der Waals surface area contributed by atoms with Crippen LogP contribution >= 0.6 is 0 Å². The van der Waals surface area contributed by atoms with Gasteiger partial charge in [0.2, 0.25) is 0 Å². The summed E-state index contributed by atoms with van der Waals surface area (Å²) < 4.78 is 4.99. The number of hydrogen-bond donors (Lipinski definition) is 1. The van der Waals surface area contributed by atoms with E-state index >= 15 is 0 Å². The second-order valence-corrected chi connectivity index (χ2v) is 5.38. The third-order valence-corrected chi connectivity index (χ3v) is 3.74. The molecule has 0 radical (unpaired) electrons. The van der Waals surface area contributed by atoms with Crippen molar-refractivity contribution in [3.63, 3.8) is 0 Å². The van der Waals surface area contributed by atoms with Crippen LogP contribution < -0.4 is 4.74 Å². The van der Waals surface area contributed by atoms with E-state index in [-0.39, 0.29) is 11.5 Å². The molecule has 0 unspecified atom stereocenters. The monoisotopic (exact) mass is 296 g/mol. The first-order valence-corrected chi connectivity index (χ1v) is 7.09. The number of aromatic hydroxyl groups is 1. The Morgan fingerprint density at radius 3 is 2.36 bits per heavy atom. The van der Waals surface area contributed by atoms with Gasteiger partial charge in [-0.05, 0) is 67.3 Å². The highest BCUT2D eigenvalue weighted by molar-refractivity contribution is 6.08. The van der Waals surface area contributed by atoms with Gasteiger partial charge in [0.15, 0.2) is 17.3 Å². The Hall–Kier alpha value is -2.55. The topological polar surface area (TPSA) is 46.5 Å². The molecule has 2 rings (SSSR count). The van der Waals surface area contributed by atoms with Crippen molar-refractivity contribution < 1.29 is 14.6 Å². The van der Waals surface area contributed by atoms with E-state index in [2.05, 4.69) is 0 Å². The fourth-order valence-electron chi connectivity index (χ4n) is 2.30. The van der Waals surface area contributed by atoms with E-state index in [0.717, 1.165) is 16.7 Å². The minimum Gasteiger partial charge on any atom is -0.504 e. The van der Waals surface area contributed by atoms with Crippen molar-refractivity contribution >= 4 is 11.9 Å². The Kier molecular flexibility index (Phi) is 4.66. The molecule has 0 spiro atoms. The van der Waals surface area contributed by atoms with Gasteiger partial charge in [0.1, 0.15) is 0 Å². The molecule has 0 atom stereocenters. The van der Waals surface area contributed by atoms with Crippen LogP contribution in [-0.2, 0) is 0 Å². The van der Waals surface area contributed by atoms with Gasteiger partial charge >= 0.3 is 0 Å². The maximum Gasteiger partial charge on any atom is 0.186 e. The molecule has 0 aliphatic carbocycles. The van der Waals surface area contributed by atoms with Crippen LogP contribution in [0.4, 0.5) is 0 Å². The van der Waals surface area contributed by atoms with Crippen LogP contribution in [0.15, 0.2) is 36.4 Å². The fraction of sp³-hybridized carbons (Fsp3) is 0.211. The molecule has 0 aliphatic heterocycles. The predicted molar refractivity (Wildman–Crippen MR) is 88.7 cm³/mol. The van der Waals surface area contributed by atoms with Crippen molar-refractivity contribution in [2.45, 2.75) is 20.8 Å². The lowest BCUT2D eigenvalue weighted by atomic mass is 9.97. The molecule has 114 valence electrons. The third-order valence-electron chi connectivity index (χ3n) is 3.74. The summed E-state index contributed by atoms with van der Waals surface area (Å²) in [5.41, 5.74) is 4.70. The maximum atomic E-state index is 12.3. The van der Waals surface area contributed by atoms with Crippen LogP contribution in [0.2, 0.25) is 0 Å². The van der Waals surface area contributed by atoms with Crippen LogP contribution in [0.5, 0.6) is 11.5 Å². The molecule has 3 nitrogen and oxygen atoms in total. The van der Waals surface area contributed by atoms with E-state index < -0.39 is 0 Å². The zero-order valence-electron chi connectivity index (χ0n) is 13.3. The highest BCUT2D eigenvalue weighted by Gasteiger charge is 2.08. The molecule has 0 saturated heterocycles. The molecule has 22 heavy (non-hydrogen) atoms. The third kappa shape index (κ3) is 3.37. The molecular weight excluding hydrogens is 276 g/mol. The zero-order valence-corrected chi connectivity index (χ0v) is 13.3. The first-order valence-electron chi connectivity index (χ1n) is 7.09. The first-order chi connectivity index (χ1) is 10.4. The Balaban J connectivity index is 2.25. The second kappa shape index (κ2) is 6.48. The van der Waals surface area contributed by atoms with Crippen molar-refractivity contribution in [1.29, 1.82) is 0 Å². The molecule has 2 aromatic rings. The molecule has 0 aromatic heterocycles. The molecule has 0 bridgehead atoms. The van der Waals surface area contributed by atoms with Gasteiger partial charge < -0.3 is 9.84 Å². The minimum atomic E-state index is -0.0455. The molecule has 0 heterocycles. The van der Waals surface area contributed by atoms with Crippen molar-refractivity contribution in [3.8, 4) is 11.5 Å². The zero-order chi connectivity index (χ0) is 16.3. The van der Waals surface area contributed by atoms with Gasteiger partial charge in [-0.15, -0.1) is 0 Å². The number of carbonyl (C=O) groups is 1. The van der Waals surface area contributed by atoms with Crippen molar-refractivity contribution in [1.82, 2.24) is 0 Å². The van der Waals surface area contributed by atoms with Gasteiger partial charge in [0, 0.05) is 5.56 Å². The maximum absolute atomic E-state index is 12.3. The van der Waals surface area contributed by atoms with Crippen molar-refractivity contribution in [2.24, 2.45) is 0 Å². The molecule has 0 fully saturated rings. The van der Waals surface area contributed by atoms with E-state index in [1.54, 1.807) is 24.3 Å². The Labute approximate surface area is 130 Å². The average Bonchev–Trinajstić information content (AvgIpc) is 2.48. The fourth-order valence-corrected chi connectivity index (χ4v) is 2.30. The van der Waals surface area contributed by atoms with Crippen molar-refractivity contribution in [3.05, 3.63) is 64.2 Å². The second-order valence-electron chi connectivity index (χ2n) is 5.38. The number of allylic oxidation sites excluding steroid dienone is 1. The van der Waals surface area contributed by atoms with E-state index in [0.29, 0.717) is 11.3 Å². The van der Waals surface area contributed by atoms with Crippen LogP contribution in [0.3, 0.4) is 0 Å². The average molecular weight is 296 g/mol. The lowest BCUT2D eigenvalue weighted by Gasteiger charge is -2.07. The Bertz CT molecular complexity index is 743. The molecule has 2 aromatic carbocycles. The van der Waals surface area contributed by atoms with Gasteiger partial charge in [-0.25, -0.2) is 0 Å². The van der Waals surface area contributed by atoms with Gasteiger partial charge in [-0.1, -0.05) is 18.2 Å². The largest absolute Gasteiger partial charge is 0.504 e. The normalized spacial score (nSPS) is 10.9. The number of aryl methyl sites for hydroxylation is 3. The number of carbonyl (C=O) groups excluding carboxylic acids is 1. The number of phenolic OH excluding ortho intramolecular Hbond substituents is 1. The summed E-state index contributed by atoms with van der Waals surface area (Å²) in [6.45, 7) is 5.97. The Morgan fingerprint density at radius 1 is 1.05 bits per heavy atom. The summed E-state index contributed by atoms with van der Waals surface area (Å²) in [7, 11) is 1.50. The van der Waals surface area contributed by atoms with E-state index in [1.165, 1.54) is 18.7 Å². The number of methoxy groups -OCH3 is 1. The van der Waals surface area contributed by atoms with E-state index in [4.69, 9.17) is 4.74 Å². The van der Waals surface area contributed by atoms with E-state index in [1.807, 2.05) is 32.9 Å². The lowest BCUT2D eigenvalue weighted by Crippen LogP contribution is -2.00. The van der Waals surface area contributed by atoms with Crippen molar-refractivity contribution in [2.75, 3.05) is 7.11 Å². The highest BCUT2D eigenvalue weighted by atomic mass is 16.5. The lowest BCUT2D eigenvalue weighted by molar-refractivity contribution is 0.104. The number of benzene rings is 2. The number of hydrogen-bond acceptors (Lipinski definition) is 3. The smallest absolute Gasteiger partial charge is 0.186 e. The molecular formula is C19H20O3. The minimum absolute atomic E-state index is 0.0455. The number of ether oxygens (including phenoxy) is 1. The standard InChI is InChI=1S/C19H20O3/c1-12-9-14(3)16(10-13(12)2)17(20)7-5-15-6-8-19(22-4)18(21)11-15/h5-11,21H,1-4H3/b7-5+. The van der Waals surface area contributed by atoms with Crippen LogP contribution in [0.25, 0.3) is 6.08 Å². The molecule has 1 N–H and O–H groups in total. The van der Waals surface area contributed by atoms with Crippen LogP contribution in [-0.4, -0.2) is 18.0 Å². The Morgan fingerprint density at radius 2 is 1.73 bits per heavy atom. The van der Waals surface area contributed by atoms with Crippen LogP contribution in [0.1, 0.15) is 32.6 Å². The summed E-state index contributed by atoms with van der Waals surface area (Å²) in [6.07, 6.45) is 3.22. The molecule has 3 heteroatoms. The van der Waals surface area contributed by atoms with Gasteiger partial charge in [0.05, 0.1) is 7.11 Å². The molecule has 0 amide bonds.